The first-order chi connectivity index (χ1) is 16.6. The summed E-state index contributed by atoms with van der Waals surface area (Å²) >= 11 is 0. The highest BCUT2D eigenvalue weighted by Gasteiger charge is 2.24. The number of ether oxygens (including phenoxy) is 4. The number of hydrogen-bond donors (Lipinski definition) is 0. The number of aromatic nitrogens is 3. The number of nitrogens with zero attached hydrogens (tertiary/aromatic N) is 5. The molecule has 0 radical (unpaired) electrons. The lowest BCUT2D eigenvalue weighted by Gasteiger charge is -2.14. The van der Waals surface area contributed by atoms with Gasteiger partial charge in [0.15, 0.2) is 0 Å². The normalized spacial score (nSPS) is 15.8. The molecule has 0 saturated carbocycles. The summed E-state index contributed by atoms with van der Waals surface area (Å²) in [6.45, 7) is 5.97. The highest BCUT2D eigenvalue weighted by atomic mass is 16.6. The average Bonchev–Trinajstić information content (AvgIpc) is 3.59. The number of imide groups is 1. The number of amides is 3. The second-order valence-corrected chi connectivity index (χ2v) is 7.86. The summed E-state index contributed by atoms with van der Waals surface area (Å²) in [5, 5.41) is 7.94. The Bertz CT molecular complexity index is 804. The molecule has 0 aliphatic carbocycles. The molecular formula is C22H33N5O7. The fourth-order valence-electron chi connectivity index (χ4n) is 3.47. The molecule has 0 aromatic carbocycles. The van der Waals surface area contributed by atoms with Crippen LogP contribution in [0, 0.1) is 0 Å². The summed E-state index contributed by atoms with van der Waals surface area (Å²) in [5.41, 5.74) is 0.537. The maximum absolute atomic E-state index is 11.9. The van der Waals surface area contributed by atoms with Gasteiger partial charge in [0.05, 0.1) is 78.6 Å². The molecule has 1 aromatic rings. The van der Waals surface area contributed by atoms with Gasteiger partial charge < -0.3 is 23.8 Å². The van der Waals surface area contributed by atoms with E-state index in [0.29, 0.717) is 71.5 Å². The van der Waals surface area contributed by atoms with Crippen molar-refractivity contribution in [2.75, 3.05) is 65.9 Å². The van der Waals surface area contributed by atoms with Crippen molar-refractivity contribution in [3.63, 3.8) is 0 Å². The Morgan fingerprint density at radius 3 is 2.00 bits per heavy atom. The minimum Gasteiger partial charge on any atom is -0.379 e. The zero-order valence-electron chi connectivity index (χ0n) is 19.4. The van der Waals surface area contributed by atoms with Crippen molar-refractivity contribution in [1.29, 1.82) is 0 Å². The van der Waals surface area contributed by atoms with E-state index in [9.17, 15) is 14.4 Å². The zero-order chi connectivity index (χ0) is 24.0. The van der Waals surface area contributed by atoms with Gasteiger partial charge in [-0.15, -0.1) is 5.10 Å². The van der Waals surface area contributed by atoms with E-state index in [0.717, 1.165) is 30.8 Å². The molecule has 0 unspecified atom stereocenters. The quantitative estimate of drug-likeness (QED) is 0.220. The second kappa shape index (κ2) is 14.6. The standard InChI is InChI=1S/C22H33N5O7/c28-20(25-6-1-2-7-25)5-9-31-11-13-33-15-16-34-14-12-32-10-8-26-17-19(23-24-26)18-27-21(29)3-4-22(27)30/h3-4,17H,1-2,5-16,18H2. The van der Waals surface area contributed by atoms with E-state index in [1.807, 2.05) is 4.90 Å². The van der Waals surface area contributed by atoms with Gasteiger partial charge in [-0.2, -0.15) is 0 Å². The molecule has 1 saturated heterocycles. The molecule has 3 heterocycles. The SMILES string of the molecule is O=C(CCOCCOCCOCCOCCn1cc(CN2C(=O)C=CC2=O)nn1)N1CCCC1. The van der Waals surface area contributed by atoms with Gasteiger partial charge in [0.25, 0.3) is 11.8 Å². The minimum absolute atomic E-state index is 0.103. The van der Waals surface area contributed by atoms with Crippen molar-refractivity contribution in [3.8, 4) is 0 Å². The molecule has 2 aliphatic rings. The van der Waals surface area contributed by atoms with Gasteiger partial charge in [0.1, 0.15) is 5.69 Å². The summed E-state index contributed by atoms with van der Waals surface area (Å²) in [5.74, 6) is -0.518. The summed E-state index contributed by atoms with van der Waals surface area (Å²) in [4.78, 5) is 38.0. The molecule has 188 valence electrons. The second-order valence-electron chi connectivity index (χ2n) is 7.86. The van der Waals surface area contributed by atoms with Crippen molar-refractivity contribution in [3.05, 3.63) is 24.0 Å². The monoisotopic (exact) mass is 479 g/mol. The van der Waals surface area contributed by atoms with Crippen molar-refractivity contribution in [2.24, 2.45) is 0 Å². The van der Waals surface area contributed by atoms with E-state index in [1.54, 1.807) is 10.9 Å². The van der Waals surface area contributed by atoms with E-state index < -0.39 is 0 Å². The first-order valence-corrected chi connectivity index (χ1v) is 11.6. The fourth-order valence-corrected chi connectivity index (χ4v) is 3.47. The number of hydrogen-bond acceptors (Lipinski definition) is 9. The molecule has 0 spiro atoms. The van der Waals surface area contributed by atoms with Crippen molar-refractivity contribution < 1.29 is 33.3 Å². The van der Waals surface area contributed by atoms with Crippen LogP contribution in [0.25, 0.3) is 0 Å². The third-order valence-corrected chi connectivity index (χ3v) is 5.31. The van der Waals surface area contributed by atoms with Gasteiger partial charge in [-0.25, -0.2) is 4.68 Å². The molecule has 1 aromatic heterocycles. The predicted molar refractivity (Wildman–Crippen MR) is 118 cm³/mol. The maximum atomic E-state index is 11.9. The van der Waals surface area contributed by atoms with Crippen LogP contribution in [0.15, 0.2) is 18.3 Å². The number of rotatable bonds is 17. The molecule has 12 heteroatoms. The first-order valence-electron chi connectivity index (χ1n) is 11.6. The van der Waals surface area contributed by atoms with Crippen LogP contribution in [0.5, 0.6) is 0 Å². The molecular weight excluding hydrogens is 446 g/mol. The number of likely N-dealkylation sites (tertiary alicyclic amines) is 1. The fraction of sp³-hybridized carbons (Fsp3) is 0.682. The Morgan fingerprint density at radius 2 is 1.38 bits per heavy atom. The van der Waals surface area contributed by atoms with Crippen molar-refractivity contribution in [2.45, 2.75) is 32.4 Å². The van der Waals surface area contributed by atoms with Gasteiger partial charge >= 0.3 is 0 Å². The highest BCUT2D eigenvalue weighted by molar-refractivity contribution is 6.12. The van der Waals surface area contributed by atoms with Crippen LogP contribution < -0.4 is 0 Å². The van der Waals surface area contributed by atoms with Crippen LogP contribution in [0.3, 0.4) is 0 Å². The van der Waals surface area contributed by atoms with Crippen LogP contribution in [0.1, 0.15) is 25.0 Å². The van der Waals surface area contributed by atoms with Crippen LogP contribution in [-0.2, 0) is 46.4 Å². The largest absolute Gasteiger partial charge is 0.379 e. The summed E-state index contributed by atoms with van der Waals surface area (Å²) < 4.78 is 23.4. The summed E-state index contributed by atoms with van der Waals surface area (Å²) in [6.07, 6.45) is 6.80. The van der Waals surface area contributed by atoms with E-state index in [4.69, 9.17) is 18.9 Å². The number of carbonyl (C=O) groups excluding carboxylic acids is 3. The third kappa shape index (κ3) is 8.93. The topological polar surface area (TPSA) is 125 Å². The molecule has 2 aliphatic heterocycles. The lowest BCUT2D eigenvalue weighted by Crippen LogP contribution is -2.29. The van der Waals surface area contributed by atoms with E-state index in [-0.39, 0.29) is 24.3 Å². The lowest BCUT2D eigenvalue weighted by atomic mass is 10.4. The van der Waals surface area contributed by atoms with Gasteiger partial charge in [0.2, 0.25) is 5.91 Å². The Morgan fingerprint density at radius 1 is 0.824 bits per heavy atom. The van der Waals surface area contributed by atoms with Gasteiger partial charge in [-0.05, 0) is 12.8 Å². The van der Waals surface area contributed by atoms with Gasteiger partial charge in [-0.1, -0.05) is 5.21 Å². The predicted octanol–water partition coefficient (Wildman–Crippen LogP) is -0.218. The third-order valence-electron chi connectivity index (χ3n) is 5.31. The Labute approximate surface area is 198 Å². The van der Waals surface area contributed by atoms with E-state index >= 15 is 0 Å². The molecule has 0 bridgehead atoms. The highest BCUT2D eigenvalue weighted by Crippen LogP contribution is 2.09. The Hall–Kier alpha value is -2.67. The molecule has 1 fully saturated rings. The molecule has 3 amide bonds. The molecule has 34 heavy (non-hydrogen) atoms. The molecule has 0 atom stereocenters. The van der Waals surface area contributed by atoms with Crippen LogP contribution >= 0.6 is 0 Å². The molecule has 3 rings (SSSR count). The van der Waals surface area contributed by atoms with E-state index in [1.165, 1.54) is 12.2 Å². The average molecular weight is 480 g/mol. The van der Waals surface area contributed by atoms with Gasteiger partial charge in [-0.3, -0.25) is 19.3 Å². The Balaban J connectivity index is 1.08. The Kier molecular flexibility index (Phi) is 11.1. The maximum Gasteiger partial charge on any atom is 0.253 e. The molecule has 12 nitrogen and oxygen atoms in total. The molecule has 0 N–H and O–H groups in total. The lowest BCUT2D eigenvalue weighted by molar-refractivity contribution is -0.137. The van der Waals surface area contributed by atoms with Crippen LogP contribution in [0.2, 0.25) is 0 Å². The summed E-state index contributed by atoms with van der Waals surface area (Å²) in [6, 6.07) is 0. The van der Waals surface area contributed by atoms with Gasteiger partial charge in [0, 0.05) is 25.2 Å². The number of carbonyl (C=O) groups is 3. The minimum atomic E-state index is -0.345. The van der Waals surface area contributed by atoms with Crippen molar-refractivity contribution in [1.82, 2.24) is 24.8 Å². The smallest absolute Gasteiger partial charge is 0.253 e. The first kappa shape index (κ1) is 25.9. The zero-order valence-corrected chi connectivity index (χ0v) is 19.4. The van der Waals surface area contributed by atoms with Crippen LogP contribution in [-0.4, -0.2) is 108 Å². The summed E-state index contributed by atoms with van der Waals surface area (Å²) in [7, 11) is 0. The van der Waals surface area contributed by atoms with Crippen LogP contribution in [0.4, 0.5) is 0 Å². The van der Waals surface area contributed by atoms with E-state index in [2.05, 4.69) is 10.3 Å². The van der Waals surface area contributed by atoms with Crippen molar-refractivity contribution >= 4 is 17.7 Å².